The SMILES string of the molecule is O=C(COC(=O)/C=C/c1ccsc1)NCCOc1ccc(Cl)cc1. The maximum atomic E-state index is 11.6. The van der Waals surface area contributed by atoms with Crippen molar-refractivity contribution in [3.63, 3.8) is 0 Å². The Morgan fingerprint density at radius 3 is 2.71 bits per heavy atom. The molecule has 2 rings (SSSR count). The van der Waals surface area contributed by atoms with E-state index in [1.807, 2.05) is 16.8 Å². The number of hydrogen-bond acceptors (Lipinski definition) is 5. The summed E-state index contributed by atoms with van der Waals surface area (Å²) in [6.45, 7) is 0.289. The van der Waals surface area contributed by atoms with Crippen molar-refractivity contribution >= 4 is 40.9 Å². The second kappa shape index (κ2) is 9.75. The zero-order valence-electron chi connectivity index (χ0n) is 12.7. The van der Waals surface area contributed by atoms with Gasteiger partial charge in [-0.05, 0) is 52.7 Å². The molecule has 1 aromatic heterocycles. The zero-order chi connectivity index (χ0) is 17.2. The molecule has 0 aliphatic heterocycles. The molecule has 0 aliphatic carbocycles. The maximum Gasteiger partial charge on any atom is 0.331 e. The van der Waals surface area contributed by atoms with Crippen LogP contribution in [-0.2, 0) is 14.3 Å². The summed E-state index contributed by atoms with van der Waals surface area (Å²) in [5, 5.41) is 7.04. The minimum absolute atomic E-state index is 0.305. The molecular weight excluding hydrogens is 350 g/mol. The van der Waals surface area contributed by atoms with Crippen LogP contribution in [-0.4, -0.2) is 31.6 Å². The van der Waals surface area contributed by atoms with Gasteiger partial charge in [0.15, 0.2) is 6.61 Å². The Morgan fingerprint density at radius 2 is 2.00 bits per heavy atom. The molecule has 1 amide bonds. The summed E-state index contributed by atoms with van der Waals surface area (Å²) in [5.74, 6) is -0.278. The lowest BCUT2D eigenvalue weighted by Gasteiger charge is -2.07. The van der Waals surface area contributed by atoms with Crippen molar-refractivity contribution in [1.29, 1.82) is 0 Å². The van der Waals surface area contributed by atoms with Crippen LogP contribution in [0, 0.1) is 0 Å². The van der Waals surface area contributed by atoms with Gasteiger partial charge in [0.1, 0.15) is 12.4 Å². The fourth-order valence-corrected chi connectivity index (χ4v) is 2.41. The van der Waals surface area contributed by atoms with E-state index < -0.39 is 5.97 Å². The summed E-state index contributed by atoms with van der Waals surface area (Å²) in [6, 6.07) is 8.80. The molecular formula is C17H16ClNO4S. The first-order valence-electron chi connectivity index (χ1n) is 7.15. The first-order chi connectivity index (χ1) is 11.6. The maximum absolute atomic E-state index is 11.6. The van der Waals surface area contributed by atoms with Crippen molar-refractivity contribution in [2.24, 2.45) is 0 Å². The van der Waals surface area contributed by atoms with Gasteiger partial charge in [-0.25, -0.2) is 4.79 Å². The van der Waals surface area contributed by atoms with Crippen molar-refractivity contribution < 1.29 is 19.1 Å². The summed E-state index contributed by atoms with van der Waals surface area (Å²) in [6.07, 6.45) is 2.93. The van der Waals surface area contributed by atoms with Gasteiger partial charge < -0.3 is 14.8 Å². The average molecular weight is 366 g/mol. The molecule has 24 heavy (non-hydrogen) atoms. The number of esters is 1. The summed E-state index contributed by atoms with van der Waals surface area (Å²) in [5.41, 5.74) is 0.917. The molecule has 0 saturated carbocycles. The molecule has 1 N–H and O–H groups in total. The van der Waals surface area contributed by atoms with Gasteiger partial charge in [0.2, 0.25) is 0 Å². The van der Waals surface area contributed by atoms with Crippen molar-refractivity contribution in [3.8, 4) is 5.75 Å². The second-order valence-electron chi connectivity index (χ2n) is 4.65. The molecule has 0 unspecified atom stereocenters. The number of halogens is 1. The largest absolute Gasteiger partial charge is 0.492 e. The van der Waals surface area contributed by atoms with Crippen LogP contribution in [0.4, 0.5) is 0 Å². The van der Waals surface area contributed by atoms with Gasteiger partial charge in [0, 0.05) is 11.1 Å². The Hall–Kier alpha value is -2.31. The molecule has 0 aliphatic rings. The third kappa shape index (κ3) is 6.85. The Labute approximate surface area is 148 Å². The molecule has 7 heteroatoms. The van der Waals surface area contributed by atoms with Crippen LogP contribution in [0.3, 0.4) is 0 Å². The minimum Gasteiger partial charge on any atom is -0.492 e. The lowest BCUT2D eigenvalue weighted by molar-refractivity contribution is -0.143. The van der Waals surface area contributed by atoms with E-state index in [0.29, 0.717) is 23.9 Å². The normalized spacial score (nSPS) is 10.5. The first-order valence-corrected chi connectivity index (χ1v) is 8.47. The summed E-state index contributed by atoms with van der Waals surface area (Å²) >= 11 is 7.30. The Bertz CT molecular complexity index is 683. The van der Waals surface area contributed by atoms with E-state index in [-0.39, 0.29) is 12.5 Å². The van der Waals surface area contributed by atoms with Gasteiger partial charge in [0.05, 0.1) is 6.54 Å². The van der Waals surface area contributed by atoms with Gasteiger partial charge in [0.25, 0.3) is 5.91 Å². The van der Waals surface area contributed by atoms with Crippen LogP contribution >= 0.6 is 22.9 Å². The number of benzene rings is 1. The van der Waals surface area contributed by atoms with E-state index in [1.54, 1.807) is 30.3 Å². The number of ether oxygens (including phenoxy) is 2. The van der Waals surface area contributed by atoms with Crippen LogP contribution in [0.25, 0.3) is 6.08 Å². The predicted molar refractivity (Wildman–Crippen MR) is 94.3 cm³/mol. The molecule has 0 bridgehead atoms. The van der Waals surface area contributed by atoms with Crippen molar-refractivity contribution in [2.45, 2.75) is 0 Å². The molecule has 0 atom stereocenters. The van der Waals surface area contributed by atoms with Gasteiger partial charge in [-0.1, -0.05) is 11.6 Å². The van der Waals surface area contributed by atoms with Crippen LogP contribution in [0.1, 0.15) is 5.56 Å². The fourth-order valence-electron chi connectivity index (χ4n) is 1.66. The number of carbonyl (C=O) groups is 2. The number of rotatable bonds is 8. The van der Waals surface area contributed by atoms with Gasteiger partial charge >= 0.3 is 5.97 Å². The monoisotopic (exact) mass is 365 g/mol. The Kier molecular flexibility index (Phi) is 7.32. The third-order valence-corrected chi connectivity index (χ3v) is 3.76. The predicted octanol–water partition coefficient (Wildman–Crippen LogP) is 3.15. The highest BCUT2D eigenvalue weighted by atomic mass is 35.5. The highest BCUT2D eigenvalue weighted by molar-refractivity contribution is 7.08. The molecule has 126 valence electrons. The van der Waals surface area contributed by atoms with Crippen LogP contribution in [0.2, 0.25) is 5.02 Å². The second-order valence-corrected chi connectivity index (χ2v) is 5.87. The fraction of sp³-hybridized carbons (Fsp3) is 0.176. The molecule has 0 saturated heterocycles. The molecule has 1 aromatic carbocycles. The summed E-state index contributed by atoms with van der Waals surface area (Å²) in [7, 11) is 0. The highest BCUT2D eigenvalue weighted by Gasteiger charge is 2.04. The van der Waals surface area contributed by atoms with Crippen molar-refractivity contribution in [3.05, 3.63) is 57.8 Å². The molecule has 5 nitrogen and oxygen atoms in total. The number of thiophene rings is 1. The topological polar surface area (TPSA) is 64.6 Å². The minimum atomic E-state index is -0.561. The van der Waals surface area contributed by atoms with E-state index in [9.17, 15) is 9.59 Å². The Balaban J connectivity index is 1.57. The van der Waals surface area contributed by atoms with E-state index in [4.69, 9.17) is 21.1 Å². The van der Waals surface area contributed by atoms with Gasteiger partial charge in [-0.2, -0.15) is 11.3 Å². The summed E-state index contributed by atoms with van der Waals surface area (Å²) < 4.78 is 10.3. The quantitative estimate of drug-likeness (QED) is 0.443. The lowest BCUT2D eigenvalue weighted by atomic mass is 10.3. The smallest absolute Gasteiger partial charge is 0.331 e. The first kappa shape index (κ1) is 18.0. The molecule has 0 spiro atoms. The molecule has 0 fully saturated rings. The molecule has 1 heterocycles. The van der Waals surface area contributed by atoms with Crippen LogP contribution in [0.15, 0.2) is 47.2 Å². The van der Waals surface area contributed by atoms with Crippen molar-refractivity contribution in [2.75, 3.05) is 19.8 Å². The molecule has 2 aromatic rings. The lowest BCUT2D eigenvalue weighted by Crippen LogP contribution is -2.31. The van der Waals surface area contributed by atoms with Gasteiger partial charge in [-0.3, -0.25) is 4.79 Å². The summed E-state index contributed by atoms with van der Waals surface area (Å²) in [4.78, 5) is 23.0. The Morgan fingerprint density at radius 1 is 1.21 bits per heavy atom. The van der Waals surface area contributed by atoms with Crippen LogP contribution < -0.4 is 10.1 Å². The molecule has 0 radical (unpaired) electrons. The highest BCUT2D eigenvalue weighted by Crippen LogP contribution is 2.15. The van der Waals surface area contributed by atoms with Crippen molar-refractivity contribution in [1.82, 2.24) is 5.32 Å². The standard InChI is InChI=1S/C17H16ClNO4S/c18-14-2-4-15(5-3-14)22-9-8-19-16(20)11-23-17(21)6-1-13-7-10-24-12-13/h1-7,10,12H,8-9,11H2,(H,19,20)/b6-1+. The van der Waals surface area contributed by atoms with Crippen LogP contribution in [0.5, 0.6) is 5.75 Å². The van der Waals surface area contributed by atoms with E-state index >= 15 is 0 Å². The van der Waals surface area contributed by atoms with E-state index in [2.05, 4.69) is 5.32 Å². The number of amides is 1. The number of hydrogen-bond donors (Lipinski definition) is 1. The van der Waals surface area contributed by atoms with E-state index in [1.165, 1.54) is 17.4 Å². The van der Waals surface area contributed by atoms with Gasteiger partial charge in [-0.15, -0.1) is 0 Å². The zero-order valence-corrected chi connectivity index (χ0v) is 14.3. The third-order valence-electron chi connectivity index (χ3n) is 2.81. The number of nitrogens with one attached hydrogen (secondary N) is 1. The average Bonchev–Trinajstić information content (AvgIpc) is 3.10. The number of carbonyl (C=O) groups excluding carboxylic acids is 2. The van der Waals surface area contributed by atoms with E-state index in [0.717, 1.165) is 5.56 Å².